The molecular formula is C25H17F6N5O. The van der Waals surface area contributed by atoms with Gasteiger partial charge in [0.25, 0.3) is 5.91 Å². The predicted octanol–water partition coefficient (Wildman–Crippen LogP) is 6.11. The Balaban J connectivity index is 1.66. The Morgan fingerprint density at radius 3 is 2.16 bits per heavy atom. The molecule has 0 fully saturated rings. The number of nitrogens with zero attached hydrogens (tertiary/aromatic N) is 2. The Kier molecular flexibility index (Phi) is 6.51. The second-order valence-corrected chi connectivity index (χ2v) is 7.86. The number of carbonyl (C=O) groups is 1. The summed E-state index contributed by atoms with van der Waals surface area (Å²) in [6, 6.07) is 16.6. The van der Waals surface area contributed by atoms with E-state index in [0.29, 0.717) is 6.07 Å². The molecule has 0 unspecified atom stereocenters. The van der Waals surface area contributed by atoms with E-state index in [4.69, 9.17) is 11.1 Å². The first-order valence-corrected chi connectivity index (χ1v) is 10.5. The number of anilines is 1. The Hall–Kier alpha value is -4.61. The molecule has 12 heteroatoms. The van der Waals surface area contributed by atoms with Crippen molar-refractivity contribution in [1.29, 1.82) is 5.41 Å². The van der Waals surface area contributed by atoms with Crippen LogP contribution in [0.2, 0.25) is 0 Å². The zero-order valence-electron chi connectivity index (χ0n) is 18.7. The van der Waals surface area contributed by atoms with E-state index in [1.807, 2.05) is 0 Å². The summed E-state index contributed by atoms with van der Waals surface area (Å²) in [4.78, 5) is 13.0. The number of amidine groups is 1. The minimum absolute atomic E-state index is 0.0625. The Morgan fingerprint density at radius 1 is 0.865 bits per heavy atom. The molecule has 0 bridgehead atoms. The molecule has 0 saturated heterocycles. The molecule has 3 aromatic carbocycles. The predicted molar refractivity (Wildman–Crippen MR) is 124 cm³/mol. The molecule has 4 rings (SSSR count). The maximum Gasteiger partial charge on any atom is 0.435 e. The maximum absolute atomic E-state index is 13.4. The van der Waals surface area contributed by atoms with Crippen molar-refractivity contribution in [1.82, 2.24) is 9.78 Å². The van der Waals surface area contributed by atoms with Gasteiger partial charge < -0.3 is 11.1 Å². The first-order valence-electron chi connectivity index (χ1n) is 10.5. The van der Waals surface area contributed by atoms with Gasteiger partial charge in [-0.05, 0) is 41.5 Å². The van der Waals surface area contributed by atoms with Crippen molar-refractivity contribution in [2.45, 2.75) is 12.4 Å². The highest BCUT2D eigenvalue weighted by molar-refractivity contribution is 6.03. The second kappa shape index (κ2) is 9.45. The van der Waals surface area contributed by atoms with Gasteiger partial charge in [-0.25, -0.2) is 4.68 Å². The van der Waals surface area contributed by atoms with Gasteiger partial charge in [0.2, 0.25) is 0 Å². The smallest absolute Gasteiger partial charge is 0.384 e. The van der Waals surface area contributed by atoms with Crippen LogP contribution in [0.3, 0.4) is 0 Å². The second-order valence-electron chi connectivity index (χ2n) is 7.86. The molecule has 0 saturated carbocycles. The first kappa shape index (κ1) is 25.5. The number of nitrogens with two attached hydrogens (primary N) is 1. The van der Waals surface area contributed by atoms with Crippen LogP contribution in [-0.2, 0) is 12.4 Å². The molecule has 4 N–H and O–H groups in total. The zero-order chi connectivity index (χ0) is 27.0. The van der Waals surface area contributed by atoms with Gasteiger partial charge in [0, 0.05) is 17.3 Å². The van der Waals surface area contributed by atoms with Crippen molar-refractivity contribution >= 4 is 17.4 Å². The number of nitrogens with one attached hydrogen (secondary N) is 2. The van der Waals surface area contributed by atoms with Crippen LogP contribution in [0, 0.1) is 5.41 Å². The summed E-state index contributed by atoms with van der Waals surface area (Å²) in [5.41, 5.74) is 3.43. The van der Waals surface area contributed by atoms with Gasteiger partial charge in [-0.2, -0.15) is 31.4 Å². The number of amides is 1. The van der Waals surface area contributed by atoms with Crippen molar-refractivity contribution in [3.8, 4) is 16.8 Å². The van der Waals surface area contributed by atoms with Crippen LogP contribution >= 0.6 is 0 Å². The lowest BCUT2D eigenvalue weighted by Gasteiger charge is -2.13. The topological polar surface area (TPSA) is 96.8 Å². The number of rotatable bonds is 5. The Morgan fingerprint density at radius 2 is 1.54 bits per heavy atom. The van der Waals surface area contributed by atoms with E-state index in [2.05, 4.69) is 10.4 Å². The summed E-state index contributed by atoms with van der Waals surface area (Å²) in [6.45, 7) is 0. The van der Waals surface area contributed by atoms with Gasteiger partial charge in [0.15, 0.2) is 5.69 Å². The Labute approximate surface area is 205 Å². The van der Waals surface area contributed by atoms with Crippen molar-refractivity contribution < 1.29 is 31.1 Å². The van der Waals surface area contributed by atoms with E-state index in [0.717, 1.165) is 10.7 Å². The molecule has 190 valence electrons. The minimum atomic E-state index is -4.84. The maximum atomic E-state index is 13.4. The van der Waals surface area contributed by atoms with E-state index < -0.39 is 35.2 Å². The first-order chi connectivity index (χ1) is 17.3. The zero-order valence-corrected chi connectivity index (χ0v) is 18.7. The molecule has 0 aliphatic rings. The fraction of sp³-hybridized carbons (Fsp3) is 0.0800. The van der Waals surface area contributed by atoms with Gasteiger partial charge in [-0.15, -0.1) is 0 Å². The fourth-order valence-electron chi connectivity index (χ4n) is 3.59. The van der Waals surface area contributed by atoms with Crippen LogP contribution in [0.15, 0.2) is 78.9 Å². The summed E-state index contributed by atoms with van der Waals surface area (Å²) in [6.07, 6.45) is -9.41. The molecule has 37 heavy (non-hydrogen) atoms. The van der Waals surface area contributed by atoms with E-state index in [1.165, 1.54) is 66.7 Å². The number of hydrogen-bond donors (Lipinski definition) is 3. The highest BCUT2D eigenvalue weighted by Crippen LogP contribution is 2.37. The molecule has 0 atom stereocenters. The standard InChI is InChI=1S/C25H17F6N5O/c26-24(27,28)19-7-2-1-6-18(19)14-8-10-16(11-9-14)34-23(37)20-13-21(25(29,30)31)35-36(20)17-5-3-4-15(12-17)22(32)33/h1-13H,(H3,32,33)(H,34,37). The SMILES string of the molecule is N=C(N)c1cccc(-n2nc(C(F)(F)F)cc2C(=O)Nc2ccc(-c3ccccc3C(F)(F)F)cc2)c1. The van der Waals surface area contributed by atoms with Gasteiger partial charge in [-0.3, -0.25) is 10.2 Å². The van der Waals surface area contributed by atoms with E-state index in [1.54, 1.807) is 0 Å². The van der Waals surface area contributed by atoms with Crippen molar-refractivity contribution in [2.75, 3.05) is 5.32 Å². The lowest BCUT2D eigenvalue weighted by molar-refractivity contribution is -0.141. The molecule has 1 amide bonds. The molecule has 4 aromatic rings. The minimum Gasteiger partial charge on any atom is -0.384 e. The summed E-state index contributed by atoms with van der Waals surface area (Å²) >= 11 is 0. The molecule has 0 aliphatic carbocycles. The Bertz CT molecular complexity index is 1470. The average Bonchev–Trinajstić information content (AvgIpc) is 3.31. The molecule has 6 nitrogen and oxygen atoms in total. The largest absolute Gasteiger partial charge is 0.435 e. The van der Waals surface area contributed by atoms with Crippen LogP contribution < -0.4 is 11.1 Å². The van der Waals surface area contributed by atoms with Crippen LogP contribution in [-0.4, -0.2) is 21.5 Å². The van der Waals surface area contributed by atoms with Crippen LogP contribution in [0.4, 0.5) is 32.0 Å². The van der Waals surface area contributed by atoms with Crippen LogP contribution in [0.1, 0.15) is 27.3 Å². The van der Waals surface area contributed by atoms with Gasteiger partial charge >= 0.3 is 12.4 Å². The van der Waals surface area contributed by atoms with Crippen LogP contribution in [0.5, 0.6) is 0 Å². The average molecular weight is 517 g/mol. The number of benzene rings is 3. The lowest BCUT2D eigenvalue weighted by atomic mass is 9.99. The quantitative estimate of drug-likeness (QED) is 0.169. The lowest BCUT2D eigenvalue weighted by Crippen LogP contribution is -2.17. The highest BCUT2D eigenvalue weighted by Gasteiger charge is 2.36. The molecule has 1 heterocycles. The van der Waals surface area contributed by atoms with Gasteiger partial charge in [-0.1, -0.05) is 42.5 Å². The third-order valence-electron chi connectivity index (χ3n) is 5.32. The molecular weight excluding hydrogens is 500 g/mol. The monoisotopic (exact) mass is 517 g/mol. The number of aromatic nitrogens is 2. The summed E-state index contributed by atoms with van der Waals surface area (Å²) < 4.78 is 80.9. The van der Waals surface area contributed by atoms with Gasteiger partial charge in [0.05, 0.1) is 11.3 Å². The number of alkyl halides is 6. The molecule has 1 aromatic heterocycles. The van der Waals surface area contributed by atoms with Crippen molar-refractivity contribution in [3.63, 3.8) is 0 Å². The third-order valence-corrected chi connectivity index (χ3v) is 5.32. The number of carbonyl (C=O) groups excluding carboxylic acids is 1. The van der Waals surface area contributed by atoms with Crippen molar-refractivity contribution in [2.24, 2.45) is 5.73 Å². The van der Waals surface area contributed by atoms with Gasteiger partial charge in [0.1, 0.15) is 11.5 Å². The van der Waals surface area contributed by atoms with E-state index in [-0.39, 0.29) is 33.9 Å². The molecule has 0 spiro atoms. The number of hydrogen-bond acceptors (Lipinski definition) is 3. The fourth-order valence-corrected chi connectivity index (χ4v) is 3.59. The number of halogens is 6. The normalized spacial score (nSPS) is 11.8. The summed E-state index contributed by atoms with van der Waals surface area (Å²) in [5.74, 6) is -1.28. The molecule has 0 aliphatic heterocycles. The van der Waals surface area contributed by atoms with Crippen molar-refractivity contribution in [3.05, 3.63) is 101 Å². The summed E-state index contributed by atoms with van der Waals surface area (Å²) in [5, 5.41) is 13.5. The third kappa shape index (κ3) is 5.47. The van der Waals surface area contributed by atoms with Crippen LogP contribution in [0.25, 0.3) is 16.8 Å². The summed E-state index contributed by atoms with van der Waals surface area (Å²) in [7, 11) is 0. The van der Waals surface area contributed by atoms with E-state index in [9.17, 15) is 31.1 Å². The van der Waals surface area contributed by atoms with E-state index >= 15 is 0 Å². The number of nitrogen functional groups attached to an aromatic ring is 1. The molecule has 0 radical (unpaired) electrons. The highest BCUT2D eigenvalue weighted by atomic mass is 19.4.